The van der Waals surface area contributed by atoms with Gasteiger partial charge < -0.3 is 10.0 Å². The third-order valence-corrected chi connectivity index (χ3v) is 8.11. The average Bonchev–Trinajstić information content (AvgIpc) is 3.26. The number of likely N-dealkylation sites (N-methyl/N-ethyl adjacent to an activating group) is 1. The van der Waals surface area contributed by atoms with E-state index in [0.29, 0.717) is 17.9 Å². The van der Waals surface area contributed by atoms with Gasteiger partial charge in [0.2, 0.25) is 5.96 Å². The van der Waals surface area contributed by atoms with Crippen molar-refractivity contribution in [1.29, 1.82) is 5.41 Å². The van der Waals surface area contributed by atoms with E-state index in [9.17, 15) is 9.90 Å². The van der Waals surface area contributed by atoms with Crippen molar-refractivity contribution >= 4 is 11.9 Å². The van der Waals surface area contributed by atoms with Crippen LogP contribution in [0.25, 0.3) is 0 Å². The number of aliphatic hydroxyl groups is 1. The van der Waals surface area contributed by atoms with Gasteiger partial charge in [-0.3, -0.25) is 20.0 Å². The van der Waals surface area contributed by atoms with Gasteiger partial charge in [0.1, 0.15) is 6.04 Å². The Morgan fingerprint density at radius 3 is 2.52 bits per heavy atom. The van der Waals surface area contributed by atoms with Crippen LogP contribution in [-0.4, -0.2) is 76.5 Å². The second kappa shape index (κ2) is 9.34. The predicted octanol–water partition coefficient (Wildman–Crippen LogP) is 3.05. The van der Waals surface area contributed by atoms with E-state index >= 15 is 0 Å². The molecule has 6 nitrogen and oxygen atoms in total. The fourth-order valence-corrected chi connectivity index (χ4v) is 6.31. The number of likely N-dealkylation sites (tertiary alicyclic amines) is 1. The number of aliphatic hydroxyl groups excluding tert-OH is 1. The third-order valence-electron chi connectivity index (χ3n) is 8.11. The van der Waals surface area contributed by atoms with E-state index in [1.54, 1.807) is 11.9 Å². The van der Waals surface area contributed by atoms with Gasteiger partial charge in [-0.1, -0.05) is 44.9 Å². The van der Waals surface area contributed by atoms with Crippen LogP contribution in [0.15, 0.2) is 0 Å². The normalized spacial score (nSPS) is 35.1. The van der Waals surface area contributed by atoms with Crippen LogP contribution in [0.1, 0.15) is 77.0 Å². The summed E-state index contributed by atoms with van der Waals surface area (Å²) >= 11 is 0. The van der Waals surface area contributed by atoms with Gasteiger partial charge in [-0.05, 0) is 43.9 Å². The van der Waals surface area contributed by atoms with Gasteiger partial charge >= 0.3 is 0 Å². The number of rotatable bonds is 6. The van der Waals surface area contributed by atoms with Crippen molar-refractivity contribution in [3.05, 3.63) is 0 Å². The lowest BCUT2D eigenvalue weighted by Gasteiger charge is -2.37. The molecule has 4 atom stereocenters. The lowest BCUT2D eigenvalue weighted by atomic mass is 9.81. The molecule has 2 aliphatic carbocycles. The van der Waals surface area contributed by atoms with Crippen LogP contribution >= 0.6 is 0 Å². The molecule has 0 unspecified atom stereocenters. The third kappa shape index (κ3) is 4.79. The molecule has 4 rings (SSSR count). The van der Waals surface area contributed by atoms with Gasteiger partial charge in [0.15, 0.2) is 0 Å². The van der Waals surface area contributed by atoms with Crippen molar-refractivity contribution < 1.29 is 9.90 Å². The smallest absolute Gasteiger partial charge is 0.251 e. The first kappa shape index (κ1) is 21.1. The first-order valence-corrected chi connectivity index (χ1v) is 12.1. The summed E-state index contributed by atoms with van der Waals surface area (Å²) in [6, 6.07) is 0.430. The van der Waals surface area contributed by atoms with Crippen molar-refractivity contribution in [3.63, 3.8) is 0 Å². The van der Waals surface area contributed by atoms with Crippen LogP contribution < -0.4 is 0 Å². The molecule has 0 bridgehead atoms. The molecule has 2 heterocycles. The number of guanidine groups is 1. The van der Waals surface area contributed by atoms with Crippen molar-refractivity contribution in [2.75, 3.05) is 26.7 Å². The highest BCUT2D eigenvalue weighted by Crippen LogP contribution is 2.35. The number of nitrogens with zero attached hydrogens (tertiary/aromatic N) is 3. The minimum atomic E-state index is -0.156. The van der Waals surface area contributed by atoms with Gasteiger partial charge in [-0.15, -0.1) is 0 Å². The number of hydrogen-bond donors (Lipinski definition) is 2. The fourth-order valence-electron chi connectivity index (χ4n) is 6.31. The number of hydrogen-bond acceptors (Lipinski definition) is 4. The molecule has 4 fully saturated rings. The second-order valence-corrected chi connectivity index (χ2v) is 10.1. The largest absolute Gasteiger partial charge is 0.392 e. The molecule has 29 heavy (non-hydrogen) atoms. The van der Waals surface area contributed by atoms with Crippen LogP contribution in [0.3, 0.4) is 0 Å². The zero-order valence-corrected chi connectivity index (χ0v) is 18.2. The Morgan fingerprint density at radius 2 is 1.79 bits per heavy atom. The molecule has 0 aromatic rings. The highest BCUT2D eigenvalue weighted by Gasteiger charge is 2.42. The van der Waals surface area contributed by atoms with Crippen molar-refractivity contribution in [2.45, 2.75) is 95.2 Å². The SMILES string of the molecule is CN1C(=N)N(CCC2CCCCC2)[C@H](C[C@H]2CCC[C@@H](N3CC[C@@H](O)C3)C2)C1=O. The maximum Gasteiger partial charge on any atom is 0.251 e. The number of β-amino-alcohol motifs (C(OH)–C–C–N with tert-alkyl or cyclic N) is 1. The summed E-state index contributed by atoms with van der Waals surface area (Å²) in [5.41, 5.74) is 0. The number of carbonyl (C=O) groups excluding carboxylic acids is 1. The average molecular weight is 405 g/mol. The lowest BCUT2D eigenvalue weighted by molar-refractivity contribution is -0.127. The molecule has 2 saturated heterocycles. The highest BCUT2D eigenvalue weighted by molar-refractivity contribution is 6.04. The summed E-state index contributed by atoms with van der Waals surface area (Å²) in [6.45, 7) is 2.70. The fraction of sp³-hybridized carbons (Fsp3) is 0.913. The molecule has 2 N–H and O–H groups in total. The quantitative estimate of drug-likeness (QED) is 0.714. The standard InChI is InChI=1S/C23H40N4O2/c1-25-22(29)21(27(23(25)24)13-10-17-6-3-2-4-7-17)15-18-8-5-9-19(14-18)26-12-11-20(28)16-26/h17-21,24,28H,2-16H2,1H3/t18-,19+,20+,21+/m0/s1. The molecule has 2 aliphatic heterocycles. The summed E-state index contributed by atoms with van der Waals surface area (Å²) in [5, 5.41) is 18.4. The summed E-state index contributed by atoms with van der Waals surface area (Å²) in [5.74, 6) is 1.86. The first-order chi connectivity index (χ1) is 14.0. The van der Waals surface area contributed by atoms with E-state index < -0.39 is 0 Å². The maximum atomic E-state index is 12.9. The van der Waals surface area contributed by atoms with E-state index in [0.717, 1.165) is 51.2 Å². The van der Waals surface area contributed by atoms with Gasteiger partial charge in [-0.2, -0.15) is 0 Å². The summed E-state index contributed by atoms with van der Waals surface area (Å²) in [6.07, 6.45) is 14.3. The number of amides is 1. The van der Waals surface area contributed by atoms with Crippen molar-refractivity contribution in [3.8, 4) is 0 Å². The molecular weight excluding hydrogens is 364 g/mol. The van der Waals surface area contributed by atoms with Crippen LogP contribution in [0.2, 0.25) is 0 Å². The number of carbonyl (C=O) groups is 1. The summed E-state index contributed by atoms with van der Waals surface area (Å²) in [4.78, 5) is 19.1. The summed E-state index contributed by atoms with van der Waals surface area (Å²) in [7, 11) is 1.77. The molecule has 4 aliphatic rings. The first-order valence-electron chi connectivity index (χ1n) is 12.1. The van der Waals surface area contributed by atoms with Crippen LogP contribution in [0, 0.1) is 17.2 Å². The minimum Gasteiger partial charge on any atom is -0.392 e. The van der Waals surface area contributed by atoms with E-state index in [2.05, 4.69) is 9.80 Å². The zero-order valence-electron chi connectivity index (χ0n) is 18.2. The van der Waals surface area contributed by atoms with Gasteiger partial charge in [0.25, 0.3) is 5.91 Å². The summed E-state index contributed by atoms with van der Waals surface area (Å²) < 4.78 is 0. The van der Waals surface area contributed by atoms with Crippen molar-refractivity contribution in [1.82, 2.24) is 14.7 Å². The maximum absolute atomic E-state index is 12.9. The van der Waals surface area contributed by atoms with E-state index in [1.807, 2.05) is 0 Å². The molecule has 164 valence electrons. The molecule has 1 amide bonds. The Kier molecular flexibility index (Phi) is 6.80. The topological polar surface area (TPSA) is 70.9 Å². The molecule has 0 spiro atoms. The monoisotopic (exact) mass is 404 g/mol. The van der Waals surface area contributed by atoms with Crippen LogP contribution in [0.5, 0.6) is 0 Å². The molecule has 0 aromatic heterocycles. The Balaban J connectivity index is 1.35. The van der Waals surface area contributed by atoms with Gasteiger partial charge in [0, 0.05) is 32.7 Å². The molecule has 2 saturated carbocycles. The van der Waals surface area contributed by atoms with E-state index in [1.165, 1.54) is 51.4 Å². The Hall–Kier alpha value is -1.14. The Morgan fingerprint density at radius 1 is 1.03 bits per heavy atom. The molecule has 0 radical (unpaired) electrons. The minimum absolute atomic E-state index is 0.123. The Bertz CT molecular complexity index is 591. The van der Waals surface area contributed by atoms with Gasteiger partial charge in [-0.25, -0.2) is 0 Å². The van der Waals surface area contributed by atoms with Crippen LogP contribution in [0.4, 0.5) is 0 Å². The zero-order chi connectivity index (χ0) is 20.4. The van der Waals surface area contributed by atoms with Crippen LogP contribution in [-0.2, 0) is 4.79 Å². The van der Waals surface area contributed by atoms with E-state index in [-0.39, 0.29) is 18.1 Å². The molecular formula is C23H40N4O2. The van der Waals surface area contributed by atoms with E-state index in [4.69, 9.17) is 5.41 Å². The van der Waals surface area contributed by atoms with Gasteiger partial charge in [0.05, 0.1) is 6.10 Å². The molecule has 0 aromatic carbocycles. The second-order valence-electron chi connectivity index (χ2n) is 10.1. The number of nitrogens with one attached hydrogen (secondary N) is 1. The van der Waals surface area contributed by atoms with Crippen molar-refractivity contribution in [2.24, 2.45) is 11.8 Å². The predicted molar refractivity (Wildman–Crippen MR) is 115 cm³/mol. The highest BCUT2D eigenvalue weighted by atomic mass is 16.3. The lowest BCUT2D eigenvalue weighted by Crippen LogP contribution is -2.41. The Labute approximate surface area is 176 Å². The molecule has 6 heteroatoms.